The van der Waals surface area contributed by atoms with Crippen LogP contribution < -0.4 is 4.90 Å². The van der Waals surface area contributed by atoms with Crippen molar-refractivity contribution in [3.05, 3.63) is 29.8 Å². The van der Waals surface area contributed by atoms with E-state index in [9.17, 15) is 30.7 Å². The molecule has 1 atom stereocenters. The van der Waals surface area contributed by atoms with E-state index in [0.717, 1.165) is 12.8 Å². The maximum Gasteiger partial charge on any atom is 0.431 e. The topological polar surface area (TPSA) is 12.5 Å². The van der Waals surface area contributed by atoms with Gasteiger partial charge in [-0.15, -0.1) is 0 Å². The van der Waals surface area contributed by atoms with Gasteiger partial charge in [0.2, 0.25) is 0 Å². The molecule has 1 unspecified atom stereocenters. The number of ether oxygens (including phenoxy) is 1. The van der Waals surface area contributed by atoms with Gasteiger partial charge in [0.1, 0.15) is 0 Å². The van der Waals surface area contributed by atoms with Crippen molar-refractivity contribution in [2.75, 3.05) is 25.1 Å². The fourth-order valence-electron chi connectivity index (χ4n) is 2.47. The van der Waals surface area contributed by atoms with Gasteiger partial charge in [0.25, 0.3) is 0 Å². The molecule has 0 aliphatic heterocycles. The normalized spacial score (nSPS) is 14.5. The van der Waals surface area contributed by atoms with Gasteiger partial charge < -0.3 is 9.64 Å². The first kappa shape index (κ1) is 21.5. The summed E-state index contributed by atoms with van der Waals surface area (Å²) in [5.74, 6) is 0. The zero-order valence-corrected chi connectivity index (χ0v) is 14.0. The molecule has 0 heterocycles. The predicted octanol–water partition coefficient (Wildman–Crippen LogP) is 5.44. The minimum atomic E-state index is -6.09. The van der Waals surface area contributed by atoms with Crippen molar-refractivity contribution in [2.24, 2.45) is 0 Å². The summed E-state index contributed by atoms with van der Waals surface area (Å²) in [6.07, 6.45) is -15.8. The second kappa shape index (κ2) is 7.80. The molecule has 2 nitrogen and oxygen atoms in total. The Morgan fingerprint density at radius 1 is 0.880 bits per heavy atom. The maximum absolute atomic E-state index is 13.9. The van der Waals surface area contributed by atoms with Crippen LogP contribution in [0.1, 0.15) is 31.9 Å². The van der Waals surface area contributed by atoms with E-state index in [1.807, 2.05) is 18.7 Å². The highest BCUT2D eigenvalue weighted by Crippen LogP contribution is 2.51. The van der Waals surface area contributed by atoms with E-state index in [1.54, 1.807) is 12.1 Å². The van der Waals surface area contributed by atoms with E-state index in [2.05, 4.69) is 0 Å². The first-order chi connectivity index (χ1) is 11.4. The molecule has 0 bridgehead atoms. The van der Waals surface area contributed by atoms with Crippen molar-refractivity contribution in [1.29, 1.82) is 0 Å². The maximum atomic E-state index is 13.9. The Hall–Kier alpha value is -1.51. The molecule has 0 N–H and O–H groups in total. The lowest BCUT2D eigenvalue weighted by atomic mass is 9.92. The lowest BCUT2D eigenvalue weighted by molar-refractivity contribution is -0.348. The van der Waals surface area contributed by atoms with E-state index in [1.165, 1.54) is 12.1 Å². The van der Waals surface area contributed by atoms with Gasteiger partial charge in [0.15, 0.2) is 0 Å². The zero-order chi connectivity index (χ0) is 19.5. The van der Waals surface area contributed by atoms with Crippen LogP contribution in [0.25, 0.3) is 0 Å². The molecule has 1 rings (SSSR count). The molecule has 0 fully saturated rings. The molecule has 1 aromatic rings. The number of anilines is 1. The van der Waals surface area contributed by atoms with E-state index < -0.39 is 30.5 Å². The number of alkyl halides is 7. The Labute approximate surface area is 141 Å². The Bertz CT molecular complexity index is 521. The highest BCUT2D eigenvalue weighted by atomic mass is 19.4. The minimum Gasteiger partial charge on any atom is -0.377 e. The quantitative estimate of drug-likeness (QED) is 0.588. The smallest absolute Gasteiger partial charge is 0.377 e. The number of halogens is 7. The number of hydrogen-bond donors (Lipinski definition) is 0. The van der Waals surface area contributed by atoms with E-state index in [4.69, 9.17) is 4.74 Å². The number of benzene rings is 1. The number of methoxy groups -OCH3 is 1. The zero-order valence-electron chi connectivity index (χ0n) is 14.0. The van der Waals surface area contributed by atoms with Gasteiger partial charge in [-0.1, -0.05) is 12.1 Å². The summed E-state index contributed by atoms with van der Waals surface area (Å²) in [6, 6.07) is 5.79. The first-order valence-electron chi connectivity index (χ1n) is 7.61. The summed E-state index contributed by atoms with van der Waals surface area (Å²) in [6.45, 7) is 5.16. The largest absolute Gasteiger partial charge is 0.431 e. The summed E-state index contributed by atoms with van der Waals surface area (Å²) >= 11 is 0. The van der Waals surface area contributed by atoms with Gasteiger partial charge in [0.05, 0.1) is 6.10 Å². The second-order valence-corrected chi connectivity index (χ2v) is 5.49. The molecule has 25 heavy (non-hydrogen) atoms. The summed E-state index contributed by atoms with van der Waals surface area (Å²) in [4.78, 5) is 1.94. The molecule has 144 valence electrons. The van der Waals surface area contributed by atoms with Crippen LogP contribution in [0.4, 0.5) is 36.4 Å². The van der Waals surface area contributed by atoms with Crippen LogP contribution in [0.2, 0.25) is 0 Å². The van der Waals surface area contributed by atoms with Gasteiger partial charge in [-0.2, -0.15) is 26.3 Å². The van der Waals surface area contributed by atoms with Gasteiger partial charge in [-0.25, -0.2) is 4.39 Å². The summed E-state index contributed by atoms with van der Waals surface area (Å²) in [5, 5.41) is 0. The summed E-state index contributed by atoms with van der Waals surface area (Å²) in [7, 11) is 0.941. The molecule has 0 aliphatic carbocycles. The number of nitrogens with zero attached hydrogens (tertiary/aromatic N) is 1. The van der Waals surface area contributed by atoms with Crippen LogP contribution in [0.5, 0.6) is 0 Å². The van der Waals surface area contributed by atoms with Crippen LogP contribution in [0, 0.1) is 0 Å². The van der Waals surface area contributed by atoms with E-state index in [0.29, 0.717) is 13.1 Å². The molecular weight excluding hydrogens is 355 g/mol. The Morgan fingerprint density at radius 2 is 1.32 bits per heavy atom. The summed E-state index contributed by atoms with van der Waals surface area (Å²) in [5.41, 5.74) is -4.56. The number of hydrogen-bond acceptors (Lipinski definition) is 2. The van der Waals surface area contributed by atoms with Crippen molar-refractivity contribution in [3.8, 4) is 0 Å². The molecule has 1 aromatic carbocycles. The Morgan fingerprint density at radius 3 is 1.64 bits per heavy atom. The average Bonchev–Trinajstić information content (AvgIpc) is 2.52. The van der Waals surface area contributed by atoms with E-state index in [-0.39, 0.29) is 5.56 Å². The number of rotatable bonds is 7. The fourth-order valence-corrected chi connectivity index (χ4v) is 2.47. The van der Waals surface area contributed by atoms with Crippen molar-refractivity contribution in [2.45, 2.75) is 44.4 Å². The first-order valence-corrected chi connectivity index (χ1v) is 7.61. The van der Waals surface area contributed by atoms with Crippen molar-refractivity contribution in [1.82, 2.24) is 0 Å². The second-order valence-electron chi connectivity index (χ2n) is 5.49. The van der Waals surface area contributed by atoms with Crippen molar-refractivity contribution < 1.29 is 35.5 Å². The third-order valence-electron chi connectivity index (χ3n) is 4.04. The molecule has 0 radical (unpaired) electrons. The van der Waals surface area contributed by atoms with Crippen LogP contribution in [-0.4, -0.2) is 38.2 Å². The Kier molecular flexibility index (Phi) is 6.72. The van der Waals surface area contributed by atoms with Crippen LogP contribution >= 0.6 is 0 Å². The molecule has 0 aliphatic rings. The fraction of sp³-hybridized carbons (Fsp3) is 0.625. The van der Waals surface area contributed by atoms with Crippen LogP contribution in [0.3, 0.4) is 0 Å². The molecule has 0 spiro atoms. The third-order valence-corrected chi connectivity index (χ3v) is 4.04. The molecular formula is C16H20F7NO. The molecule has 0 saturated carbocycles. The van der Waals surface area contributed by atoms with Gasteiger partial charge in [-0.3, -0.25) is 0 Å². The van der Waals surface area contributed by atoms with Crippen molar-refractivity contribution >= 4 is 5.69 Å². The standard InChI is InChI=1S/C16H20F7NO/c1-4-24(5-2)12-8-6-11(7-9-12)13(25-3)10-14(17,15(18,19)20)16(21,22)23/h6-9,13H,4-5,10H2,1-3H3. The monoisotopic (exact) mass is 375 g/mol. The van der Waals surface area contributed by atoms with Gasteiger partial charge in [0, 0.05) is 32.3 Å². The third kappa shape index (κ3) is 4.56. The summed E-state index contributed by atoms with van der Waals surface area (Å²) < 4.78 is 94.9. The highest BCUT2D eigenvalue weighted by Gasteiger charge is 2.72. The molecule has 9 heteroatoms. The lowest BCUT2D eigenvalue weighted by Crippen LogP contribution is -2.54. The van der Waals surface area contributed by atoms with Gasteiger partial charge >= 0.3 is 18.0 Å². The van der Waals surface area contributed by atoms with Crippen LogP contribution in [-0.2, 0) is 4.74 Å². The van der Waals surface area contributed by atoms with Crippen LogP contribution in [0.15, 0.2) is 24.3 Å². The van der Waals surface area contributed by atoms with Crippen molar-refractivity contribution in [3.63, 3.8) is 0 Å². The Balaban J connectivity index is 3.13. The SMILES string of the molecule is CCN(CC)c1ccc(C(CC(F)(C(F)(F)F)C(F)(F)F)OC)cc1. The molecule has 0 aromatic heterocycles. The van der Waals surface area contributed by atoms with Gasteiger partial charge in [-0.05, 0) is 31.5 Å². The van der Waals surface area contributed by atoms with E-state index >= 15 is 0 Å². The molecule has 0 saturated heterocycles. The average molecular weight is 375 g/mol. The lowest BCUT2D eigenvalue weighted by Gasteiger charge is -2.32. The molecule has 0 amide bonds. The highest BCUT2D eigenvalue weighted by molar-refractivity contribution is 5.47. The minimum absolute atomic E-state index is 0.0360. The predicted molar refractivity (Wildman–Crippen MR) is 80.3 cm³/mol.